The number of carbonyl (C=O) groups is 2. The molecule has 6 heteroatoms. The summed E-state index contributed by atoms with van der Waals surface area (Å²) in [6, 6.07) is 8.37. The predicted octanol–water partition coefficient (Wildman–Crippen LogP) is 1.91. The fraction of sp³-hybridized carbons (Fsp3) is 0.444. The lowest BCUT2D eigenvalue weighted by atomic mass is 10.2. The van der Waals surface area contributed by atoms with E-state index in [2.05, 4.69) is 10.3 Å². The normalized spacial score (nSPS) is 12.1. The first-order valence-corrected chi connectivity index (χ1v) is 8.39. The Bertz CT molecular complexity index is 657. The summed E-state index contributed by atoms with van der Waals surface area (Å²) in [5, 5.41) is 13.1. The van der Waals surface area contributed by atoms with E-state index in [1.54, 1.807) is 11.0 Å². The van der Waals surface area contributed by atoms with Crippen LogP contribution >= 0.6 is 0 Å². The van der Waals surface area contributed by atoms with Gasteiger partial charge in [-0.1, -0.05) is 32.0 Å². The van der Waals surface area contributed by atoms with Crippen LogP contribution in [-0.4, -0.2) is 52.5 Å². The van der Waals surface area contributed by atoms with E-state index in [0.29, 0.717) is 18.8 Å². The van der Waals surface area contributed by atoms with Crippen LogP contribution in [0.25, 0.3) is 10.9 Å². The Labute approximate surface area is 141 Å². The van der Waals surface area contributed by atoms with Gasteiger partial charge in [0.1, 0.15) is 11.7 Å². The van der Waals surface area contributed by atoms with Gasteiger partial charge >= 0.3 is 0 Å². The van der Waals surface area contributed by atoms with Crippen molar-refractivity contribution in [3.05, 3.63) is 36.0 Å². The molecule has 24 heavy (non-hydrogen) atoms. The fourth-order valence-corrected chi connectivity index (χ4v) is 2.71. The van der Waals surface area contributed by atoms with Gasteiger partial charge in [-0.15, -0.1) is 0 Å². The van der Waals surface area contributed by atoms with Gasteiger partial charge < -0.3 is 20.3 Å². The zero-order valence-electron chi connectivity index (χ0n) is 14.2. The second-order valence-electron chi connectivity index (χ2n) is 5.80. The minimum atomic E-state index is -0.929. The molecule has 0 aliphatic carbocycles. The molecule has 1 aromatic heterocycles. The first-order valence-electron chi connectivity index (χ1n) is 8.39. The van der Waals surface area contributed by atoms with E-state index < -0.39 is 18.6 Å². The zero-order chi connectivity index (χ0) is 17.5. The van der Waals surface area contributed by atoms with Gasteiger partial charge in [0.25, 0.3) is 5.91 Å². The van der Waals surface area contributed by atoms with Crippen molar-refractivity contribution in [2.45, 2.75) is 32.7 Å². The lowest BCUT2D eigenvalue weighted by Gasteiger charge is -2.26. The SMILES string of the molecule is CCCN(CCC)C(=O)C(CO)NC(=O)c1cc2ccccc2[nH]1. The maximum atomic E-state index is 12.5. The van der Waals surface area contributed by atoms with Crippen LogP contribution in [0, 0.1) is 0 Å². The smallest absolute Gasteiger partial charge is 0.268 e. The quantitative estimate of drug-likeness (QED) is 0.691. The Morgan fingerprint density at radius 2 is 1.88 bits per heavy atom. The van der Waals surface area contributed by atoms with Crippen molar-refractivity contribution in [3.8, 4) is 0 Å². The van der Waals surface area contributed by atoms with E-state index in [9.17, 15) is 14.7 Å². The van der Waals surface area contributed by atoms with Crippen molar-refractivity contribution in [1.82, 2.24) is 15.2 Å². The molecule has 0 aliphatic heterocycles. The lowest BCUT2D eigenvalue weighted by Crippen LogP contribution is -2.51. The third-order valence-electron chi connectivity index (χ3n) is 3.86. The first-order chi connectivity index (χ1) is 11.6. The summed E-state index contributed by atoms with van der Waals surface area (Å²) in [6.07, 6.45) is 1.67. The van der Waals surface area contributed by atoms with Crippen LogP contribution in [-0.2, 0) is 4.79 Å². The van der Waals surface area contributed by atoms with Gasteiger partial charge in [0, 0.05) is 24.0 Å². The third-order valence-corrected chi connectivity index (χ3v) is 3.86. The molecular weight excluding hydrogens is 306 g/mol. The van der Waals surface area contributed by atoms with Crippen LogP contribution in [0.3, 0.4) is 0 Å². The molecule has 1 aromatic carbocycles. The molecule has 0 saturated heterocycles. The maximum absolute atomic E-state index is 12.5. The molecule has 0 saturated carbocycles. The number of H-pyrrole nitrogens is 1. The summed E-state index contributed by atoms with van der Waals surface area (Å²) in [6.45, 7) is 4.80. The van der Waals surface area contributed by atoms with Gasteiger partial charge in [-0.25, -0.2) is 0 Å². The van der Waals surface area contributed by atoms with Gasteiger partial charge in [-0.2, -0.15) is 0 Å². The number of nitrogens with zero attached hydrogens (tertiary/aromatic N) is 1. The number of amides is 2. The molecule has 1 atom stereocenters. The topological polar surface area (TPSA) is 85.4 Å². The number of hydrogen-bond acceptors (Lipinski definition) is 3. The van der Waals surface area contributed by atoms with Crippen LogP contribution in [0.15, 0.2) is 30.3 Å². The van der Waals surface area contributed by atoms with Gasteiger partial charge in [-0.3, -0.25) is 9.59 Å². The number of aliphatic hydroxyl groups is 1. The van der Waals surface area contributed by atoms with E-state index in [4.69, 9.17) is 0 Å². The summed E-state index contributed by atoms with van der Waals surface area (Å²) in [5.74, 6) is -0.641. The number of rotatable bonds is 8. The second kappa shape index (κ2) is 8.49. The Balaban J connectivity index is 2.10. The van der Waals surface area contributed by atoms with Crippen molar-refractivity contribution in [1.29, 1.82) is 0 Å². The number of nitrogens with one attached hydrogen (secondary N) is 2. The summed E-state index contributed by atoms with van der Waals surface area (Å²) >= 11 is 0. The molecule has 0 bridgehead atoms. The van der Waals surface area contributed by atoms with Gasteiger partial charge in [0.2, 0.25) is 5.91 Å². The van der Waals surface area contributed by atoms with Crippen molar-refractivity contribution in [2.75, 3.05) is 19.7 Å². The number of para-hydroxylation sites is 1. The third kappa shape index (κ3) is 4.14. The predicted molar refractivity (Wildman–Crippen MR) is 93.8 cm³/mol. The second-order valence-corrected chi connectivity index (χ2v) is 5.80. The summed E-state index contributed by atoms with van der Waals surface area (Å²) in [7, 11) is 0. The van der Waals surface area contributed by atoms with Gasteiger partial charge in [0.15, 0.2) is 0 Å². The number of carbonyl (C=O) groups excluding carboxylic acids is 2. The highest BCUT2D eigenvalue weighted by atomic mass is 16.3. The summed E-state index contributed by atoms with van der Waals surface area (Å²) in [5.41, 5.74) is 1.23. The molecule has 2 rings (SSSR count). The van der Waals surface area contributed by atoms with Crippen LogP contribution < -0.4 is 5.32 Å². The first kappa shape index (κ1) is 18.0. The van der Waals surface area contributed by atoms with Crippen LogP contribution in [0.5, 0.6) is 0 Å². The largest absolute Gasteiger partial charge is 0.394 e. The summed E-state index contributed by atoms with van der Waals surface area (Å²) in [4.78, 5) is 29.6. The van der Waals surface area contributed by atoms with Gasteiger partial charge in [0.05, 0.1) is 6.61 Å². The molecule has 130 valence electrons. The fourth-order valence-electron chi connectivity index (χ4n) is 2.71. The number of benzene rings is 1. The molecule has 0 fully saturated rings. The molecule has 0 radical (unpaired) electrons. The molecule has 6 nitrogen and oxygen atoms in total. The number of aliphatic hydroxyl groups excluding tert-OH is 1. The minimum absolute atomic E-state index is 0.245. The lowest BCUT2D eigenvalue weighted by molar-refractivity contribution is -0.134. The van der Waals surface area contributed by atoms with Crippen LogP contribution in [0.2, 0.25) is 0 Å². The molecule has 0 aliphatic rings. The van der Waals surface area contributed by atoms with Gasteiger partial charge in [-0.05, 0) is 25.0 Å². The van der Waals surface area contributed by atoms with Crippen molar-refractivity contribution >= 4 is 22.7 Å². The molecular formula is C18H25N3O3. The maximum Gasteiger partial charge on any atom is 0.268 e. The number of aromatic amines is 1. The Morgan fingerprint density at radius 3 is 2.46 bits per heavy atom. The number of aromatic nitrogens is 1. The van der Waals surface area contributed by atoms with Crippen molar-refractivity contribution < 1.29 is 14.7 Å². The molecule has 1 unspecified atom stereocenters. The standard InChI is InChI=1S/C18H25N3O3/c1-3-9-21(10-4-2)18(24)16(12-22)20-17(23)15-11-13-7-5-6-8-14(13)19-15/h5-8,11,16,19,22H,3-4,9-10,12H2,1-2H3,(H,20,23). The molecule has 0 spiro atoms. The molecule has 1 heterocycles. The van der Waals surface area contributed by atoms with Crippen molar-refractivity contribution in [2.24, 2.45) is 0 Å². The highest BCUT2D eigenvalue weighted by molar-refractivity contribution is 6.00. The molecule has 3 N–H and O–H groups in total. The Kier molecular flexibility index (Phi) is 6.37. The Morgan fingerprint density at radius 1 is 1.21 bits per heavy atom. The van der Waals surface area contributed by atoms with Crippen molar-refractivity contribution in [3.63, 3.8) is 0 Å². The average Bonchev–Trinajstić information content (AvgIpc) is 3.03. The van der Waals surface area contributed by atoms with E-state index in [1.807, 2.05) is 38.1 Å². The minimum Gasteiger partial charge on any atom is -0.394 e. The average molecular weight is 331 g/mol. The van der Waals surface area contributed by atoms with Crippen LogP contribution in [0.1, 0.15) is 37.2 Å². The monoisotopic (exact) mass is 331 g/mol. The number of fused-ring (bicyclic) bond motifs is 1. The van der Waals surface area contributed by atoms with E-state index in [-0.39, 0.29) is 5.91 Å². The van der Waals surface area contributed by atoms with Crippen LogP contribution in [0.4, 0.5) is 0 Å². The molecule has 2 aromatic rings. The number of hydrogen-bond donors (Lipinski definition) is 3. The van der Waals surface area contributed by atoms with E-state index in [1.165, 1.54) is 0 Å². The highest BCUT2D eigenvalue weighted by Gasteiger charge is 2.25. The Hall–Kier alpha value is -2.34. The summed E-state index contributed by atoms with van der Waals surface area (Å²) < 4.78 is 0. The molecule has 2 amide bonds. The van der Waals surface area contributed by atoms with E-state index >= 15 is 0 Å². The van der Waals surface area contributed by atoms with E-state index in [0.717, 1.165) is 23.7 Å². The zero-order valence-corrected chi connectivity index (χ0v) is 14.2. The highest BCUT2D eigenvalue weighted by Crippen LogP contribution is 2.14.